The number of hydrogen-bond donors (Lipinski definition) is 3. The minimum atomic E-state index is -0.922. The van der Waals surface area contributed by atoms with Crippen molar-refractivity contribution < 1.29 is 9.90 Å². The smallest absolute Gasteiger partial charge is 0.348 e. The molecule has 0 saturated heterocycles. The van der Waals surface area contributed by atoms with Crippen LogP contribution in [-0.4, -0.2) is 17.6 Å². The van der Waals surface area contributed by atoms with Gasteiger partial charge in [0.15, 0.2) is 0 Å². The van der Waals surface area contributed by atoms with Crippen LogP contribution in [0.4, 0.5) is 5.69 Å². The first kappa shape index (κ1) is 9.48. The van der Waals surface area contributed by atoms with E-state index < -0.39 is 5.97 Å². The van der Waals surface area contributed by atoms with E-state index in [2.05, 4.69) is 5.32 Å². The average Bonchev–Trinajstić information content (AvgIpc) is 2.46. The molecule has 4 N–H and O–H groups in total. The van der Waals surface area contributed by atoms with E-state index in [0.29, 0.717) is 5.69 Å². The van der Waals surface area contributed by atoms with E-state index in [1.54, 1.807) is 0 Å². The molecule has 0 saturated carbocycles. The number of fused-ring (bicyclic) bond motifs is 1. The van der Waals surface area contributed by atoms with Crippen molar-refractivity contribution in [3.8, 4) is 0 Å². The number of nitrogen functional groups attached to an aromatic ring is 1. The van der Waals surface area contributed by atoms with Crippen molar-refractivity contribution in [1.29, 1.82) is 0 Å². The Morgan fingerprint density at radius 2 is 2.43 bits per heavy atom. The summed E-state index contributed by atoms with van der Waals surface area (Å²) in [6.07, 6.45) is 0.829. The van der Waals surface area contributed by atoms with E-state index in [1.807, 2.05) is 6.92 Å². The molecule has 1 aliphatic heterocycles. The van der Waals surface area contributed by atoms with Gasteiger partial charge in [0, 0.05) is 10.9 Å². The zero-order chi connectivity index (χ0) is 10.3. The highest BCUT2D eigenvalue weighted by molar-refractivity contribution is 7.14. The number of anilines is 1. The van der Waals surface area contributed by atoms with Gasteiger partial charge in [0.1, 0.15) is 4.88 Å². The average molecular weight is 212 g/mol. The molecule has 0 spiro atoms. The van der Waals surface area contributed by atoms with Crippen molar-refractivity contribution in [2.24, 2.45) is 0 Å². The van der Waals surface area contributed by atoms with E-state index in [1.165, 1.54) is 11.3 Å². The summed E-state index contributed by atoms with van der Waals surface area (Å²) in [5.74, 6) is -0.922. The second kappa shape index (κ2) is 3.25. The molecule has 1 aliphatic rings. The molecular formula is C9H12N2O2S. The fourth-order valence-electron chi connectivity index (χ4n) is 1.77. The van der Waals surface area contributed by atoms with E-state index in [0.717, 1.165) is 23.4 Å². The third-order valence-corrected chi connectivity index (χ3v) is 3.91. The summed E-state index contributed by atoms with van der Waals surface area (Å²) in [5, 5.41) is 12.2. The Kier molecular flexibility index (Phi) is 2.20. The summed E-state index contributed by atoms with van der Waals surface area (Å²) < 4.78 is 0. The van der Waals surface area contributed by atoms with E-state index in [9.17, 15) is 4.79 Å². The summed E-state index contributed by atoms with van der Waals surface area (Å²) >= 11 is 1.29. The number of carboxylic acid groups (broad SMARTS) is 1. The van der Waals surface area contributed by atoms with Crippen LogP contribution >= 0.6 is 11.3 Å². The summed E-state index contributed by atoms with van der Waals surface area (Å²) in [5.41, 5.74) is 7.28. The highest BCUT2D eigenvalue weighted by atomic mass is 32.1. The number of hydrogen-bond acceptors (Lipinski definition) is 4. The van der Waals surface area contributed by atoms with Crippen LogP contribution in [0, 0.1) is 0 Å². The quantitative estimate of drug-likeness (QED) is 0.654. The molecule has 1 unspecified atom stereocenters. The summed E-state index contributed by atoms with van der Waals surface area (Å²) in [7, 11) is 0. The van der Waals surface area contributed by atoms with Crippen molar-refractivity contribution in [1.82, 2.24) is 5.32 Å². The molecule has 14 heavy (non-hydrogen) atoms. The Balaban J connectivity index is 2.54. The Bertz CT molecular complexity index is 386. The van der Waals surface area contributed by atoms with E-state index >= 15 is 0 Å². The Labute approximate surface area is 85.7 Å². The number of carbonyl (C=O) groups is 1. The lowest BCUT2D eigenvalue weighted by Crippen LogP contribution is -2.26. The molecule has 1 aromatic heterocycles. The van der Waals surface area contributed by atoms with Crippen molar-refractivity contribution in [3.63, 3.8) is 0 Å². The zero-order valence-corrected chi connectivity index (χ0v) is 8.65. The first-order chi connectivity index (χ1) is 6.61. The molecular weight excluding hydrogens is 200 g/mol. The van der Waals surface area contributed by atoms with Gasteiger partial charge in [-0.25, -0.2) is 4.79 Å². The highest BCUT2D eigenvalue weighted by Gasteiger charge is 2.25. The molecule has 76 valence electrons. The van der Waals surface area contributed by atoms with Gasteiger partial charge in [0.2, 0.25) is 0 Å². The Morgan fingerprint density at radius 3 is 3.00 bits per heavy atom. The number of thiophene rings is 1. The fraction of sp³-hybridized carbons (Fsp3) is 0.444. The predicted octanol–water partition coefficient (Wildman–Crippen LogP) is 1.24. The van der Waals surface area contributed by atoms with Gasteiger partial charge in [-0.15, -0.1) is 11.3 Å². The number of carboxylic acids is 1. The highest BCUT2D eigenvalue weighted by Crippen LogP contribution is 2.37. The standard InChI is InChI=1S/C9H12N2O2S/c1-4-7-5(2-3-11-4)6(10)8(14-7)9(12)13/h4,11H,2-3,10H2,1H3,(H,12,13). The van der Waals surface area contributed by atoms with E-state index in [-0.39, 0.29) is 10.9 Å². The third-order valence-electron chi connectivity index (χ3n) is 2.49. The SMILES string of the molecule is CC1NCCc2c1sc(C(=O)O)c2N. The molecule has 2 heterocycles. The van der Waals surface area contributed by atoms with Crippen LogP contribution in [0.5, 0.6) is 0 Å². The fourth-order valence-corrected chi connectivity index (χ4v) is 2.90. The molecule has 0 radical (unpaired) electrons. The van der Waals surface area contributed by atoms with Crippen molar-refractivity contribution >= 4 is 23.0 Å². The molecule has 0 amide bonds. The molecule has 1 aromatic rings. The second-order valence-corrected chi connectivity index (χ2v) is 4.47. The Hall–Kier alpha value is -1.07. The van der Waals surface area contributed by atoms with Crippen LogP contribution in [0.2, 0.25) is 0 Å². The van der Waals surface area contributed by atoms with Crippen LogP contribution in [0.3, 0.4) is 0 Å². The summed E-state index contributed by atoms with van der Waals surface area (Å²) in [4.78, 5) is 12.2. The molecule has 4 nitrogen and oxygen atoms in total. The lowest BCUT2D eigenvalue weighted by Gasteiger charge is -2.20. The third kappa shape index (κ3) is 1.29. The first-order valence-electron chi connectivity index (χ1n) is 4.49. The van der Waals surface area contributed by atoms with Gasteiger partial charge >= 0.3 is 5.97 Å². The van der Waals surface area contributed by atoms with Gasteiger partial charge < -0.3 is 16.2 Å². The van der Waals surface area contributed by atoms with Gasteiger partial charge in [-0.3, -0.25) is 0 Å². The minimum absolute atomic E-state index is 0.221. The van der Waals surface area contributed by atoms with Crippen LogP contribution in [0.1, 0.15) is 33.1 Å². The normalized spacial score (nSPS) is 20.5. The van der Waals surface area contributed by atoms with Crippen LogP contribution in [0.25, 0.3) is 0 Å². The molecule has 0 aliphatic carbocycles. The number of rotatable bonds is 1. The Morgan fingerprint density at radius 1 is 1.71 bits per heavy atom. The molecule has 0 fully saturated rings. The molecule has 0 aromatic carbocycles. The largest absolute Gasteiger partial charge is 0.477 e. The van der Waals surface area contributed by atoms with Gasteiger partial charge in [0.05, 0.1) is 5.69 Å². The maximum atomic E-state index is 10.9. The summed E-state index contributed by atoms with van der Waals surface area (Å²) in [6, 6.07) is 0.221. The second-order valence-electron chi connectivity index (χ2n) is 3.42. The minimum Gasteiger partial charge on any atom is -0.477 e. The van der Waals surface area contributed by atoms with Crippen LogP contribution < -0.4 is 11.1 Å². The predicted molar refractivity (Wildman–Crippen MR) is 55.8 cm³/mol. The van der Waals surface area contributed by atoms with Crippen LogP contribution in [-0.2, 0) is 6.42 Å². The maximum absolute atomic E-state index is 10.9. The number of nitrogens with two attached hydrogens (primary N) is 1. The number of aromatic carboxylic acids is 1. The van der Waals surface area contributed by atoms with Crippen molar-refractivity contribution in [3.05, 3.63) is 15.3 Å². The van der Waals surface area contributed by atoms with Gasteiger partial charge in [-0.05, 0) is 25.5 Å². The van der Waals surface area contributed by atoms with Gasteiger partial charge in [-0.2, -0.15) is 0 Å². The van der Waals surface area contributed by atoms with E-state index in [4.69, 9.17) is 10.8 Å². The zero-order valence-electron chi connectivity index (χ0n) is 7.83. The van der Waals surface area contributed by atoms with Crippen molar-refractivity contribution in [2.75, 3.05) is 12.3 Å². The summed E-state index contributed by atoms with van der Waals surface area (Å²) in [6.45, 7) is 2.90. The van der Waals surface area contributed by atoms with Gasteiger partial charge in [-0.1, -0.05) is 0 Å². The molecule has 1 atom stereocenters. The number of nitrogens with one attached hydrogen (secondary N) is 1. The lowest BCUT2D eigenvalue weighted by molar-refractivity contribution is 0.0703. The monoisotopic (exact) mass is 212 g/mol. The first-order valence-corrected chi connectivity index (χ1v) is 5.30. The molecule has 0 bridgehead atoms. The van der Waals surface area contributed by atoms with Gasteiger partial charge in [0.25, 0.3) is 0 Å². The molecule has 2 rings (SSSR count). The lowest BCUT2D eigenvalue weighted by atomic mass is 10.0. The maximum Gasteiger partial charge on any atom is 0.348 e. The van der Waals surface area contributed by atoms with Crippen molar-refractivity contribution in [2.45, 2.75) is 19.4 Å². The topological polar surface area (TPSA) is 75.3 Å². The van der Waals surface area contributed by atoms with Crippen LogP contribution in [0.15, 0.2) is 0 Å². The molecule has 5 heteroatoms.